The van der Waals surface area contributed by atoms with E-state index < -0.39 is 0 Å². The Hall–Kier alpha value is -2.77. The van der Waals surface area contributed by atoms with E-state index in [1.165, 1.54) is 16.0 Å². The molecule has 1 atom stereocenters. The number of nitrogens with one attached hydrogen (secondary N) is 1. The molecule has 0 bridgehead atoms. The molecular formula is C25H29N5OS. The van der Waals surface area contributed by atoms with Gasteiger partial charge in [0.1, 0.15) is 5.82 Å². The molecule has 1 saturated heterocycles. The number of fused-ring (bicyclic) bond motifs is 1. The number of likely N-dealkylation sites (tertiary alicyclic amines) is 1. The molecule has 32 heavy (non-hydrogen) atoms. The highest BCUT2D eigenvalue weighted by Crippen LogP contribution is 2.32. The average Bonchev–Trinajstić information content (AvgIpc) is 3.40. The molecule has 7 heteroatoms. The minimum atomic E-state index is 0.0427. The average molecular weight is 448 g/mol. The minimum absolute atomic E-state index is 0.0427. The standard InChI is InChI=1S/C25H29N5OS/c1-17-18(2)32-25(26-17)28-23-11-5-9-21(27-23)22-10-6-13-30(22)24(31)16-29-14-12-19-7-3-4-8-20(19)15-29/h3-5,7-9,11,22H,6,10,12-16H2,1-2H3,(H,26,27,28). The summed E-state index contributed by atoms with van der Waals surface area (Å²) in [4.78, 5) is 28.2. The van der Waals surface area contributed by atoms with Gasteiger partial charge >= 0.3 is 0 Å². The number of amides is 1. The van der Waals surface area contributed by atoms with E-state index >= 15 is 0 Å². The summed E-state index contributed by atoms with van der Waals surface area (Å²) in [7, 11) is 0. The van der Waals surface area contributed by atoms with Gasteiger partial charge in [0, 0.05) is 24.5 Å². The van der Waals surface area contributed by atoms with Crippen molar-refractivity contribution in [3.8, 4) is 0 Å². The molecule has 0 saturated carbocycles. The van der Waals surface area contributed by atoms with Crippen molar-refractivity contribution in [2.24, 2.45) is 0 Å². The van der Waals surface area contributed by atoms with Crippen molar-refractivity contribution in [2.75, 3.05) is 25.0 Å². The number of hydrogen-bond donors (Lipinski definition) is 1. The Morgan fingerprint density at radius 1 is 1.09 bits per heavy atom. The zero-order valence-corrected chi connectivity index (χ0v) is 19.5. The van der Waals surface area contributed by atoms with Crippen molar-refractivity contribution in [3.05, 3.63) is 69.9 Å². The van der Waals surface area contributed by atoms with E-state index in [-0.39, 0.29) is 11.9 Å². The summed E-state index contributed by atoms with van der Waals surface area (Å²) in [5.74, 6) is 0.987. The second-order valence-corrected chi connectivity index (χ2v) is 9.91. The van der Waals surface area contributed by atoms with Crippen molar-refractivity contribution in [2.45, 2.75) is 45.7 Å². The molecule has 0 spiro atoms. The van der Waals surface area contributed by atoms with Gasteiger partial charge < -0.3 is 10.2 Å². The van der Waals surface area contributed by atoms with Gasteiger partial charge in [0.2, 0.25) is 5.91 Å². The van der Waals surface area contributed by atoms with Gasteiger partial charge in [-0.3, -0.25) is 9.69 Å². The molecule has 3 aromatic rings. The maximum absolute atomic E-state index is 13.3. The monoisotopic (exact) mass is 447 g/mol. The molecule has 1 amide bonds. The molecule has 2 aromatic heterocycles. The van der Waals surface area contributed by atoms with Gasteiger partial charge in [0.15, 0.2) is 5.13 Å². The first-order valence-electron chi connectivity index (χ1n) is 11.3. The maximum Gasteiger partial charge on any atom is 0.237 e. The van der Waals surface area contributed by atoms with Crippen molar-refractivity contribution >= 4 is 28.2 Å². The summed E-state index contributed by atoms with van der Waals surface area (Å²) in [6.07, 6.45) is 2.99. The molecule has 4 heterocycles. The maximum atomic E-state index is 13.3. The summed E-state index contributed by atoms with van der Waals surface area (Å²) >= 11 is 1.64. The topological polar surface area (TPSA) is 61.4 Å². The van der Waals surface area contributed by atoms with Gasteiger partial charge in [-0.15, -0.1) is 11.3 Å². The van der Waals surface area contributed by atoms with E-state index in [0.717, 1.165) is 61.2 Å². The lowest BCUT2D eigenvalue weighted by molar-refractivity contribution is -0.133. The summed E-state index contributed by atoms with van der Waals surface area (Å²) in [6, 6.07) is 14.6. The van der Waals surface area contributed by atoms with Gasteiger partial charge in [-0.2, -0.15) is 0 Å². The number of nitrogens with zero attached hydrogens (tertiary/aromatic N) is 4. The van der Waals surface area contributed by atoms with Crippen LogP contribution in [0.3, 0.4) is 0 Å². The van der Waals surface area contributed by atoms with Gasteiger partial charge in [0.25, 0.3) is 0 Å². The molecular weight excluding hydrogens is 418 g/mol. The van der Waals surface area contributed by atoms with Crippen LogP contribution in [-0.4, -0.2) is 45.3 Å². The largest absolute Gasteiger partial charge is 0.333 e. The lowest BCUT2D eigenvalue weighted by Gasteiger charge is -2.31. The molecule has 5 rings (SSSR count). The molecule has 1 fully saturated rings. The number of aryl methyl sites for hydroxylation is 2. The fraction of sp³-hybridized carbons (Fsp3) is 0.400. The van der Waals surface area contributed by atoms with Crippen LogP contribution in [0.5, 0.6) is 0 Å². The van der Waals surface area contributed by atoms with Crippen molar-refractivity contribution in [3.63, 3.8) is 0 Å². The first kappa shape index (κ1) is 21.1. The lowest BCUT2D eigenvalue weighted by Crippen LogP contribution is -2.42. The highest BCUT2D eigenvalue weighted by atomic mass is 32.1. The summed E-state index contributed by atoms with van der Waals surface area (Å²) in [5, 5.41) is 4.19. The van der Waals surface area contributed by atoms with E-state index in [0.29, 0.717) is 6.54 Å². The number of benzene rings is 1. The highest BCUT2D eigenvalue weighted by Gasteiger charge is 2.32. The molecule has 166 valence electrons. The number of carbonyl (C=O) groups excluding carboxylic acids is 1. The Kier molecular flexibility index (Phi) is 5.93. The number of pyridine rings is 1. The number of aromatic nitrogens is 2. The van der Waals surface area contributed by atoms with E-state index in [1.807, 2.05) is 30.0 Å². The van der Waals surface area contributed by atoms with Crippen LogP contribution in [0, 0.1) is 13.8 Å². The fourth-order valence-corrected chi connectivity index (χ4v) is 5.51. The summed E-state index contributed by atoms with van der Waals surface area (Å²) < 4.78 is 0. The smallest absolute Gasteiger partial charge is 0.237 e. The van der Waals surface area contributed by atoms with Gasteiger partial charge in [-0.05, 0) is 56.4 Å². The second kappa shape index (κ2) is 9.00. The van der Waals surface area contributed by atoms with Crippen LogP contribution in [0.2, 0.25) is 0 Å². The Bertz CT molecular complexity index is 1110. The molecule has 0 aliphatic carbocycles. The zero-order chi connectivity index (χ0) is 22.1. The number of anilines is 2. The van der Waals surface area contributed by atoms with Gasteiger partial charge in [-0.25, -0.2) is 9.97 Å². The van der Waals surface area contributed by atoms with Gasteiger partial charge in [-0.1, -0.05) is 30.3 Å². The first-order valence-corrected chi connectivity index (χ1v) is 12.1. The number of thiazole rings is 1. The van der Waals surface area contributed by atoms with E-state index in [9.17, 15) is 4.79 Å². The van der Waals surface area contributed by atoms with Crippen molar-refractivity contribution in [1.82, 2.24) is 19.8 Å². The van der Waals surface area contributed by atoms with E-state index in [1.54, 1.807) is 11.3 Å². The van der Waals surface area contributed by atoms with Crippen molar-refractivity contribution in [1.29, 1.82) is 0 Å². The number of rotatable bonds is 5. The van der Waals surface area contributed by atoms with Crippen molar-refractivity contribution < 1.29 is 4.79 Å². The third-order valence-electron chi connectivity index (χ3n) is 6.52. The second-order valence-electron chi connectivity index (χ2n) is 8.71. The molecule has 1 unspecified atom stereocenters. The van der Waals surface area contributed by atoms with Crippen LogP contribution < -0.4 is 5.32 Å². The summed E-state index contributed by atoms with van der Waals surface area (Å²) in [5.41, 5.74) is 4.75. The molecule has 0 radical (unpaired) electrons. The third-order valence-corrected chi connectivity index (χ3v) is 7.51. The van der Waals surface area contributed by atoms with Crippen LogP contribution in [0.15, 0.2) is 42.5 Å². The quantitative estimate of drug-likeness (QED) is 0.618. The van der Waals surface area contributed by atoms with Crippen LogP contribution in [0.4, 0.5) is 10.9 Å². The Labute approximate surface area is 193 Å². The van der Waals surface area contributed by atoms with Crippen LogP contribution in [0.25, 0.3) is 0 Å². The normalized spacial score (nSPS) is 18.6. The lowest BCUT2D eigenvalue weighted by atomic mass is 10.00. The predicted molar refractivity (Wildman–Crippen MR) is 128 cm³/mol. The Balaban J connectivity index is 1.27. The Morgan fingerprint density at radius 3 is 2.75 bits per heavy atom. The minimum Gasteiger partial charge on any atom is -0.333 e. The summed E-state index contributed by atoms with van der Waals surface area (Å²) in [6.45, 7) is 7.16. The predicted octanol–water partition coefficient (Wildman–Crippen LogP) is 4.62. The zero-order valence-electron chi connectivity index (χ0n) is 18.7. The van der Waals surface area contributed by atoms with Crippen LogP contribution in [-0.2, 0) is 17.8 Å². The number of hydrogen-bond acceptors (Lipinski definition) is 6. The molecule has 6 nitrogen and oxygen atoms in total. The molecule has 2 aliphatic rings. The third kappa shape index (κ3) is 4.40. The molecule has 1 aromatic carbocycles. The van der Waals surface area contributed by atoms with E-state index in [4.69, 9.17) is 4.98 Å². The van der Waals surface area contributed by atoms with E-state index in [2.05, 4.69) is 46.4 Å². The Morgan fingerprint density at radius 2 is 1.94 bits per heavy atom. The molecule has 1 N–H and O–H groups in total. The first-order chi connectivity index (χ1) is 15.6. The van der Waals surface area contributed by atoms with Crippen LogP contribution in [0.1, 0.15) is 46.3 Å². The number of carbonyl (C=O) groups is 1. The van der Waals surface area contributed by atoms with Crippen LogP contribution >= 0.6 is 11.3 Å². The van der Waals surface area contributed by atoms with Gasteiger partial charge in [0.05, 0.1) is 24.0 Å². The fourth-order valence-electron chi connectivity index (χ4n) is 4.69. The molecule has 2 aliphatic heterocycles. The highest BCUT2D eigenvalue weighted by molar-refractivity contribution is 7.15. The SMILES string of the molecule is Cc1nc(Nc2cccc(C3CCCN3C(=O)CN3CCc4ccccc4C3)n2)sc1C.